The first-order valence-electron chi connectivity index (χ1n) is 8.78. The summed E-state index contributed by atoms with van der Waals surface area (Å²) in [6, 6.07) is 7.47. The maximum Gasteiger partial charge on any atom is 0.251 e. The van der Waals surface area contributed by atoms with Crippen LogP contribution in [0.25, 0.3) is 0 Å². The predicted octanol–water partition coefficient (Wildman–Crippen LogP) is 1.65. The average molecular weight is 356 g/mol. The van der Waals surface area contributed by atoms with Gasteiger partial charge in [-0.05, 0) is 38.5 Å². The standard InChI is InChI=1S/C19H28N6O/c1-6-21-19(23-12-17-13(2)24-25(5)14(17)3)22-11-15-7-9-16(10-8-15)18(26)20-4/h7-10H,6,11-12H2,1-5H3,(H,20,26)(H2,21,22,23). The third-order valence-electron chi connectivity index (χ3n) is 4.30. The first kappa shape index (κ1) is 19.5. The van der Waals surface area contributed by atoms with Crippen LogP contribution in [0.1, 0.15) is 39.8 Å². The van der Waals surface area contributed by atoms with Crippen molar-refractivity contribution in [3.63, 3.8) is 0 Å². The SMILES string of the molecule is CCNC(=NCc1ccc(C(=O)NC)cc1)NCc1c(C)nn(C)c1C. The van der Waals surface area contributed by atoms with Crippen molar-refractivity contribution in [2.75, 3.05) is 13.6 Å². The number of aliphatic imine (C=N–C) groups is 1. The van der Waals surface area contributed by atoms with Gasteiger partial charge in [0.2, 0.25) is 0 Å². The maximum absolute atomic E-state index is 11.6. The Hall–Kier alpha value is -2.83. The van der Waals surface area contributed by atoms with Crippen molar-refractivity contribution < 1.29 is 4.79 Å². The largest absolute Gasteiger partial charge is 0.357 e. The van der Waals surface area contributed by atoms with Crippen LogP contribution in [-0.4, -0.2) is 35.2 Å². The fourth-order valence-electron chi connectivity index (χ4n) is 2.66. The molecule has 0 spiro atoms. The Morgan fingerprint density at radius 1 is 1.19 bits per heavy atom. The molecule has 1 heterocycles. The molecule has 0 aliphatic heterocycles. The zero-order valence-electron chi connectivity index (χ0n) is 16.2. The van der Waals surface area contributed by atoms with E-state index in [9.17, 15) is 4.79 Å². The molecule has 3 N–H and O–H groups in total. The predicted molar refractivity (Wildman–Crippen MR) is 104 cm³/mol. The topological polar surface area (TPSA) is 83.3 Å². The second-order valence-corrected chi connectivity index (χ2v) is 6.10. The fraction of sp³-hybridized carbons (Fsp3) is 0.421. The number of benzene rings is 1. The Bertz CT molecular complexity index is 776. The number of carbonyl (C=O) groups is 1. The molecule has 0 aliphatic rings. The summed E-state index contributed by atoms with van der Waals surface area (Å²) in [7, 11) is 3.58. The molecule has 0 atom stereocenters. The Morgan fingerprint density at radius 2 is 1.88 bits per heavy atom. The van der Waals surface area contributed by atoms with E-state index in [2.05, 4.69) is 33.0 Å². The van der Waals surface area contributed by atoms with E-state index in [4.69, 9.17) is 0 Å². The van der Waals surface area contributed by atoms with Gasteiger partial charge in [0, 0.05) is 44.0 Å². The van der Waals surface area contributed by atoms with E-state index in [1.165, 1.54) is 5.56 Å². The van der Waals surface area contributed by atoms with Gasteiger partial charge in [-0.15, -0.1) is 0 Å². The van der Waals surface area contributed by atoms with Crippen molar-refractivity contribution in [1.82, 2.24) is 25.7 Å². The van der Waals surface area contributed by atoms with Gasteiger partial charge in [-0.3, -0.25) is 9.48 Å². The van der Waals surface area contributed by atoms with Crippen LogP contribution >= 0.6 is 0 Å². The number of nitrogens with zero attached hydrogens (tertiary/aromatic N) is 3. The van der Waals surface area contributed by atoms with Gasteiger partial charge < -0.3 is 16.0 Å². The summed E-state index contributed by atoms with van der Waals surface area (Å²) >= 11 is 0. The van der Waals surface area contributed by atoms with Gasteiger partial charge in [0.25, 0.3) is 5.91 Å². The van der Waals surface area contributed by atoms with Crippen LogP contribution in [0.2, 0.25) is 0 Å². The highest BCUT2D eigenvalue weighted by molar-refractivity contribution is 5.93. The van der Waals surface area contributed by atoms with Gasteiger partial charge >= 0.3 is 0 Å². The van der Waals surface area contributed by atoms with Gasteiger partial charge in [-0.25, -0.2) is 4.99 Å². The second kappa shape index (κ2) is 9.03. The molecule has 0 radical (unpaired) electrons. The number of carbonyl (C=O) groups excluding carboxylic acids is 1. The monoisotopic (exact) mass is 356 g/mol. The summed E-state index contributed by atoms with van der Waals surface area (Å²) < 4.78 is 1.89. The summed E-state index contributed by atoms with van der Waals surface area (Å²) in [4.78, 5) is 16.2. The van der Waals surface area contributed by atoms with Crippen LogP contribution < -0.4 is 16.0 Å². The summed E-state index contributed by atoms with van der Waals surface area (Å²) in [5, 5.41) is 13.7. The number of aromatic nitrogens is 2. The van der Waals surface area contributed by atoms with E-state index < -0.39 is 0 Å². The molecule has 2 aromatic rings. The average Bonchev–Trinajstić information content (AvgIpc) is 2.89. The Balaban J connectivity index is 2.03. The van der Waals surface area contributed by atoms with Crippen LogP contribution in [-0.2, 0) is 20.1 Å². The fourth-order valence-corrected chi connectivity index (χ4v) is 2.66. The van der Waals surface area contributed by atoms with Crippen LogP contribution in [0, 0.1) is 13.8 Å². The van der Waals surface area contributed by atoms with Crippen molar-refractivity contribution in [1.29, 1.82) is 0 Å². The quantitative estimate of drug-likeness (QED) is 0.543. The van der Waals surface area contributed by atoms with Gasteiger partial charge in [-0.1, -0.05) is 12.1 Å². The molecule has 0 bridgehead atoms. The number of hydrogen-bond donors (Lipinski definition) is 3. The second-order valence-electron chi connectivity index (χ2n) is 6.10. The number of amides is 1. The number of guanidine groups is 1. The normalized spacial score (nSPS) is 11.3. The molecule has 7 heteroatoms. The molecular formula is C19H28N6O. The van der Waals surface area contributed by atoms with Crippen molar-refractivity contribution in [2.24, 2.45) is 12.0 Å². The van der Waals surface area contributed by atoms with Crippen molar-refractivity contribution in [3.8, 4) is 0 Å². The van der Waals surface area contributed by atoms with Gasteiger partial charge in [0.05, 0.1) is 12.2 Å². The third kappa shape index (κ3) is 4.84. The van der Waals surface area contributed by atoms with E-state index in [0.29, 0.717) is 18.7 Å². The first-order valence-corrected chi connectivity index (χ1v) is 8.78. The summed E-state index contributed by atoms with van der Waals surface area (Å²) in [5.41, 5.74) is 5.05. The Kier molecular flexibility index (Phi) is 6.77. The molecule has 140 valence electrons. The van der Waals surface area contributed by atoms with Crippen molar-refractivity contribution >= 4 is 11.9 Å². The zero-order chi connectivity index (χ0) is 19.1. The molecule has 7 nitrogen and oxygen atoms in total. The molecule has 0 fully saturated rings. The van der Waals surface area contributed by atoms with Crippen LogP contribution in [0.4, 0.5) is 0 Å². The minimum atomic E-state index is -0.0859. The summed E-state index contributed by atoms with van der Waals surface area (Å²) in [6.07, 6.45) is 0. The van der Waals surface area contributed by atoms with E-state index in [-0.39, 0.29) is 5.91 Å². The Morgan fingerprint density at radius 3 is 2.42 bits per heavy atom. The number of nitrogens with one attached hydrogen (secondary N) is 3. The molecule has 1 aromatic heterocycles. The summed E-state index contributed by atoms with van der Waals surface area (Å²) in [6.45, 7) is 8.11. The van der Waals surface area contributed by atoms with Crippen molar-refractivity contribution in [3.05, 3.63) is 52.3 Å². The third-order valence-corrected chi connectivity index (χ3v) is 4.30. The lowest BCUT2D eigenvalue weighted by atomic mass is 10.1. The molecule has 26 heavy (non-hydrogen) atoms. The minimum Gasteiger partial charge on any atom is -0.357 e. The highest BCUT2D eigenvalue weighted by atomic mass is 16.1. The van der Waals surface area contributed by atoms with Gasteiger partial charge in [-0.2, -0.15) is 5.10 Å². The number of aryl methyl sites for hydroxylation is 2. The molecule has 2 rings (SSSR count). The van der Waals surface area contributed by atoms with Crippen LogP contribution in [0.3, 0.4) is 0 Å². The van der Waals surface area contributed by atoms with Gasteiger partial charge in [0.15, 0.2) is 5.96 Å². The smallest absolute Gasteiger partial charge is 0.251 e. The summed E-state index contributed by atoms with van der Waals surface area (Å²) in [5.74, 6) is 0.669. The Labute approximate surface area is 154 Å². The van der Waals surface area contributed by atoms with Crippen LogP contribution in [0.15, 0.2) is 29.3 Å². The number of hydrogen-bond acceptors (Lipinski definition) is 3. The molecule has 0 unspecified atom stereocenters. The lowest BCUT2D eigenvalue weighted by molar-refractivity contribution is 0.0963. The zero-order valence-corrected chi connectivity index (χ0v) is 16.2. The van der Waals surface area contributed by atoms with E-state index in [1.54, 1.807) is 7.05 Å². The van der Waals surface area contributed by atoms with Crippen LogP contribution in [0.5, 0.6) is 0 Å². The highest BCUT2D eigenvalue weighted by Gasteiger charge is 2.09. The lowest BCUT2D eigenvalue weighted by Gasteiger charge is -2.12. The highest BCUT2D eigenvalue weighted by Crippen LogP contribution is 2.11. The minimum absolute atomic E-state index is 0.0859. The molecule has 0 saturated carbocycles. The van der Waals surface area contributed by atoms with E-state index in [1.807, 2.05) is 49.8 Å². The lowest BCUT2D eigenvalue weighted by Crippen LogP contribution is -2.37. The van der Waals surface area contributed by atoms with E-state index >= 15 is 0 Å². The van der Waals surface area contributed by atoms with E-state index in [0.717, 1.165) is 29.5 Å². The molecule has 0 aliphatic carbocycles. The first-order chi connectivity index (χ1) is 12.5. The molecule has 1 amide bonds. The molecular weight excluding hydrogens is 328 g/mol. The maximum atomic E-state index is 11.6. The van der Waals surface area contributed by atoms with Crippen molar-refractivity contribution in [2.45, 2.75) is 33.9 Å². The van der Waals surface area contributed by atoms with Gasteiger partial charge in [0.1, 0.15) is 0 Å². The molecule has 0 saturated heterocycles. The molecule has 1 aromatic carbocycles. The number of rotatable bonds is 6.